The molecule has 0 fully saturated rings. The van der Waals surface area contributed by atoms with Crippen LogP contribution in [0.1, 0.15) is 32.0 Å². The van der Waals surface area contributed by atoms with Gasteiger partial charge in [-0.1, -0.05) is 0 Å². The SMILES string of the molecule is CC(C)(C)n1cc(CNCc2c(-c3ccc(F)cc3)nc3ccc(F)cn23)c(=O)[nH]c1=O. The molecule has 0 aliphatic carbocycles. The fourth-order valence-corrected chi connectivity index (χ4v) is 3.53. The number of nitrogens with zero attached hydrogens (tertiary/aromatic N) is 3. The summed E-state index contributed by atoms with van der Waals surface area (Å²) in [6.45, 7) is 6.03. The molecular formula is C23H23F2N5O2. The minimum Gasteiger partial charge on any atom is -0.307 e. The molecule has 32 heavy (non-hydrogen) atoms. The zero-order valence-electron chi connectivity index (χ0n) is 17.9. The first-order valence-corrected chi connectivity index (χ1v) is 10.1. The molecule has 0 aliphatic heterocycles. The van der Waals surface area contributed by atoms with Crippen LogP contribution in [-0.2, 0) is 18.6 Å². The van der Waals surface area contributed by atoms with Gasteiger partial charge in [0.15, 0.2) is 0 Å². The van der Waals surface area contributed by atoms with E-state index < -0.39 is 22.6 Å². The van der Waals surface area contributed by atoms with Crippen LogP contribution in [0, 0.1) is 11.6 Å². The van der Waals surface area contributed by atoms with Gasteiger partial charge in [0.05, 0.1) is 11.4 Å². The number of aromatic nitrogens is 4. The molecule has 4 aromatic rings. The van der Waals surface area contributed by atoms with E-state index in [2.05, 4.69) is 15.3 Å². The Labute approximate surface area is 182 Å². The second-order valence-corrected chi connectivity index (χ2v) is 8.55. The van der Waals surface area contributed by atoms with Crippen LogP contribution in [0.15, 0.2) is 58.4 Å². The van der Waals surface area contributed by atoms with E-state index in [1.165, 1.54) is 29.0 Å². The van der Waals surface area contributed by atoms with Gasteiger partial charge in [-0.2, -0.15) is 0 Å². The summed E-state index contributed by atoms with van der Waals surface area (Å²) in [5.74, 6) is -0.785. The lowest BCUT2D eigenvalue weighted by Crippen LogP contribution is -2.40. The minimum atomic E-state index is -0.495. The second kappa shape index (κ2) is 8.16. The Morgan fingerprint density at radius 3 is 2.34 bits per heavy atom. The number of benzene rings is 1. The third kappa shape index (κ3) is 4.24. The topological polar surface area (TPSA) is 84.2 Å². The fourth-order valence-electron chi connectivity index (χ4n) is 3.53. The van der Waals surface area contributed by atoms with Gasteiger partial charge in [-0.05, 0) is 57.2 Å². The number of aromatic amines is 1. The maximum atomic E-state index is 13.9. The predicted octanol–water partition coefficient (Wildman–Crippen LogP) is 3.17. The number of H-pyrrole nitrogens is 1. The number of halogens is 2. The summed E-state index contributed by atoms with van der Waals surface area (Å²) < 4.78 is 30.4. The van der Waals surface area contributed by atoms with Crippen LogP contribution < -0.4 is 16.6 Å². The Morgan fingerprint density at radius 1 is 0.969 bits per heavy atom. The van der Waals surface area contributed by atoms with Gasteiger partial charge in [0.25, 0.3) is 5.56 Å². The first kappa shape index (κ1) is 21.6. The number of pyridine rings is 1. The van der Waals surface area contributed by atoms with Crippen LogP contribution in [0.4, 0.5) is 8.78 Å². The second-order valence-electron chi connectivity index (χ2n) is 8.55. The highest BCUT2D eigenvalue weighted by Crippen LogP contribution is 2.25. The van der Waals surface area contributed by atoms with Crippen molar-refractivity contribution in [3.8, 4) is 11.3 Å². The molecule has 0 unspecified atom stereocenters. The van der Waals surface area contributed by atoms with Crippen molar-refractivity contribution in [3.05, 3.63) is 92.5 Å². The summed E-state index contributed by atoms with van der Waals surface area (Å²) in [6, 6.07) is 8.79. The van der Waals surface area contributed by atoms with E-state index in [9.17, 15) is 18.4 Å². The van der Waals surface area contributed by atoms with Crippen molar-refractivity contribution in [2.24, 2.45) is 0 Å². The van der Waals surface area contributed by atoms with E-state index in [0.717, 1.165) is 0 Å². The van der Waals surface area contributed by atoms with Crippen molar-refractivity contribution in [2.45, 2.75) is 39.4 Å². The molecule has 3 aromatic heterocycles. The van der Waals surface area contributed by atoms with E-state index in [-0.39, 0.29) is 18.9 Å². The van der Waals surface area contributed by atoms with Crippen molar-refractivity contribution >= 4 is 5.65 Å². The standard InChI is InChI=1S/C23H23F2N5O2/c1-23(2,3)30-12-15(21(31)28-22(30)32)10-26-11-18-20(14-4-6-16(24)7-5-14)27-19-9-8-17(25)13-29(18)19/h4-9,12-13,26H,10-11H2,1-3H3,(H,28,31,32). The van der Waals surface area contributed by atoms with Gasteiger partial charge in [0.1, 0.15) is 17.3 Å². The number of hydrogen-bond donors (Lipinski definition) is 2. The van der Waals surface area contributed by atoms with Gasteiger partial charge >= 0.3 is 5.69 Å². The minimum absolute atomic E-state index is 0.178. The lowest BCUT2D eigenvalue weighted by Gasteiger charge is -2.22. The Balaban J connectivity index is 1.67. The molecule has 0 atom stereocenters. The van der Waals surface area contributed by atoms with E-state index in [4.69, 9.17) is 0 Å². The van der Waals surface area contributed by atoms with Crippen LogP contribution in [0.3, 0.4) is 0 Å². The van der Waals surface area contributed by atoms with Crippen molar-refractivity contribution in [1.29, 1.82) is 0 Å². The highest BCUT2D eigenvalue weighted by Gasteiger charge is 2.18. The van der Waals surface area contributed by atoms with Crippen molar-refractivity contribution in [1.82, 2.24) is 24.3 Å². The molecular weight excluding hydrogens is 416 g/mol. The molecule has 0 aliphatic rings. The van der Waals surface area contributed by atoms with Gasteiger partial charge in [-0.15, -0.1) is 0 Å². The number of rotatable bonds is 5. The Bertz CT molecular complexity index is 1400. The number of imidazole rings is 1. The normalized spacial score (nSPS) is 11.9. The van der Waals surface area contributed by atoms with Gasteiger partial charge in [0, 0.05) is 42.1 Å². The van der Waals surface area contributed by atoms with Gasteiger partial charge in [0.2, 0.25) is 0 Å². The molecule has 0 radical (unpaired) electrons. The predicted molar refractivity (Wildman–Crippen MR) is 117 cm³/mol. The van der Waals surface area contributed by atoms with Crippen LogP contribution in [0.2, 0.25) is 0 Å². The zero-order chi connectivity index (χ0) is 23.0. The van der Waals surface area contributed by atoms with Crippen molar-refractivity contribution in [3.63, 3.8) is 0 Å². The average molecular weight is 439 g/mol. The monoisotopic (exact) mass is 439 g/mol. The van der Waals surface area contributed by atoms with E-state index in [0.29, 0.717) is 28.2 Å². The molecule has 7 nitrogen and oxygen atoms in total. The number of hydrogen-bond acceptors (Lipinski definition) is 4. The summed E-state index contributed by atoms with van der Waals surface area (Å²) in [5, 5.41) is 3.18. The fraction of sp³-hybridized carbons (Fsp3) is 0.261. The summed E-state index contributed by atoms with van der Waals surface area (Å²) in [4.78, 5) is 31.3. The molecule has 166 valence electrons. The maximum absolute atomic E-state index is 13.9. The maximum Gasteiger partial charge on any atom is 0.328 e. The molecule has 0 saturated heterocycles. The smallest absolute Gasteiger partial charge is 0.307 e. The Hall–Kier alpha value is -3.59. The Kier molecular flexibility index (Phi) is 5.52. The van der Waals surface area contributed by atoms with E-state index in [1.807, 2.05) is 20.8 Å². The van der Waals surface area contributed by atoms with Crippen LogP contribution in [0.5, 0.6) is 0 Å². The molecule has 9 heteroatoms. The van der Waals surface area contributed by atoms with Crippen molar-refractivity contribution < 1.29 is 8.78 Å². The number of nitrogens with one attached hydrogen (secondary N) is 2. The highest BCUT2D eigenvalue weighted by atomic mass is 19.1. The van der Waals surface area contributed by atoms with E-state index in [1.54, 1.807) is 28.8 Å². The number of fused-ring (bicyclic) bond motifs is 1. The zero-order valence-corrected chi connectivity index (χ0v) is 17.9. The van der Waals surface area contributed by atoms with Crippen LogP contribution in [0.25, 0.3) is 16.9 Å². The van der Waals surface area contributed by atoms with Gasteiger partial charge in [-0.25, -0.2) is 18.6 Å². The summed E-state index contributed by atoms with van der Waals surface area (Å²) >= 11 is 0. The van der Waals surface area contributed by atoms with Gasteiger partial charge < -0.3 is 5.32 Å². The first-order chi connectivity index (χ1) is 15.1. The van der Waals surface area contributed by atoms with Crippen LogP contribution in [-0.4, -0.2) is 18.9 Å². The van der Waals surface area contributed by atoms with E-state index >= 15 is 0 Å². The average Bonchev–Trinajstić information content (AvgIpc) is 3.07. The molecule has 3 heterocycles. The molecule has 0 amide bonds. The Morgan fingerprint density at radius 2 is 1.66 bits per heavy atom. The molecule has 0 bridgehead atoms. The highest BCUT2D eigenvalue weighted by molar-refractivity contribution is 5.66. The molecule has 0 saturated carbocycles. The lowest BCUT2D eigenvalue weighted by atomic mass is 10.1. The summed E-state index contributed by atoms with van der Waals surface area (Å²) in [5.41, 5.74) is 1.43. The lowest BCUT2D eigenvalue weighted by molar-refractivity contribution is 0.374. The van der Waals surface area contributed by atoms with Gasteiger partial charge in [-0.3, -0.25) is 18.7 Å². The molecule has 4 rings (SSSR count). The summed E-state index contributed by atoms with van der Waals surface area (Å²) in [6.07, 6.45) is 2.88. The molecule has 1 aromatic carbocycles. The summed E-state index contributed by atoms with van der Waals surface area (Å²) in [7, 11) is 0. The largest absolute Gasteiger partial charge is 0.328 e. The molecule has 2 N–H and O–H groups in total. The third-order valence-corrected chi connectivity index (χ3v) is 5.15. The molecule has 0 spiro atoms. The van der Waals surface area contributed by atoms with Crippen molar-refractivity contribution in [2.75, 3.05) is 0 Å². The quantitative estimate of drug-likeness (QED) is 0.500. The first-order valence-electron chi connectivity index (χ1n) is 10.1. The third-order valence-electron chi connectivity index (χ3n) is 5.15. The van der Waals surface area contributed by atoms with Crippen LogP contribution >= 0.6 is 0 Å².